The van der Waals surface area contributed by atoms with Crippen LogP contribution in [0.25, 0.3) is 0 Å². The summed E-state index contributed by atoms with van der Waals surface area (Å²) < 4.78 is 5.17. The molecule has 1 aromatic heterocycles. The van der Waals surface area contributed by atoms with Gasteiger partial charge in [0.1, 0.15) is 23.1 Å². The van der Waals surface area contributed by atoms with E-state index in [9.17, 15) is 4.79 Å². The third kappa shape index (κ3) is 5.30. The summed E-state index contributed by atoms with van der Waals surface area (Å²) in [5, 5.41) is 6.15. The molecule has 3 aromatic rings. The van der Waals surface area contributed by atoms with Gasteiger partial charge < -0.3 is 15.4 Å². The fourth-order valence-corrected chi connectivity index (χ4v) is 2.82. The van der Waals surface area contributed by atoms with Crippen molar-refractivity contribution < 1.29 is 9.53 Å². The first-order valence-electron chi connectivity index (χ1n) is 9.14. The van der Waals surface area contributed by atoms with Gasteiger partial charge >= 0.3 is 0 Å². The fraction of sp³-hybridized carbons (Fsp3) is 0.227. The van der Waals surface area contributed by atoms with Crippen molar-refractivity contribution in [1.29, 1.82) is 0 Å². The third-order valence-corrected chi connectivity index (χ3v) is 4.23. The molecular weight excluding hydrogens is 352 g/mol. The van der Waals surface area contributed by atoms with E-state index in [1.165, 1.54) is 5.56 Å². The zero-order valence-electron chi connectivity index (χ0n) is 16.3. The maximum absolute atomic E-state index is 12.5. The minimum Gasteiger partial charge on any atom is -0.497 e. The maximum Gasteiger partial charge on any atom is 0.274 e. The molecule has 0 unspecified atom stereocenters. The molecule has 3 rings (SSSR count). The molecule has 0 atom stereocenters. The first-order valence-corrected chi connectivity index (χ1v) is 9.14. The summed E-state index contributed by atoms with van der Waals surface area (Å²) in [7, 11) is 1.65. The van der Waals surface area contributed by atoms with E-state index >= 15 is 0 Å². The van der Waals surface area contributed by atoms with Gasteiger partial charge in [0.2, 0.25) is 0 Å². The van der Waals surface area contributed by atoms with E-state index in [-0.39, 0.29) is 5.91 Å². The van der Waals surface area contributed by atoms with Crippen LogP contribution in [0.15, 0.2) is 54.6 Å². The first kappa shape index (κ1) is 19.4. The number of nitrogens with one attached hydrogen (secondary N) is 2. The molecule has 1 heterocycles. The third-order valence-electron chi connectivity index (χ3n) is 4.23. The van der Waals surface area contributed by atoms with Crippen molar-refractivity contribution in [2.75, 3.05) is 24.3 Å². The highest BCUT2D eigenvalue weighted by atomic mass is 16.5. The van der Waals surface area contributed by atoms with Crippen molar-refractivity contribution in [3.8, 4) is 5.75 Å². The van der Waals surface area contributed by atoms with Crippen LogP contribution >= 0.6 is 0 Å². The number of anilines is 2. The highest BCUT2D eigenvalue weighted by Gasteiger charge is 2.11. The van der Waals surface area contributed by atoms with Crippen LogP contribution in [0.3, 0.4) is 0 Å². The summed E-state index contributed by atoms with van der Waals surface area (Å²) in [6, 6.07) is 17.3. The first-order chi connectivity index (χ1) is 13.5. The number of ether oxygens (including phenoxy) is 1. The van der Waals surface area contributed by atoms with Crippen LogP contribution in [0, 0.1) is 13.8 Å². The predicted molar refractivity (Wildman–Crippen MR) is 111 cm³/mol. The molecule has 0 spiro atoms. The molecule has 0 aliphatic rings. The number of hydrogen-bond acceptors (Lipinski definition) is 5. The van der Waals surface area contributed by atoms with Gasteiger partial charge in [-0.3, -0.25) is 4.79 Å². The van der Waals surface area contributed by atoms with Crippen LogP contribution in [-0.2, 0) is 6.42 Å². The number of benzene rings is 2. The van der Waals surface area contributed by atoms with Crippen molar-refractivity contribution in [2.24, 2.45) is 0 Å². The second-order valence-electron chi connectivity index (χ2n) is 6.53. The Kier molecular flexibility index (Phi) is 6.22. The van der Waals surface area contributed by atoms with Gasteiger partial charge in [0.05, 0.1) is 7.11 Å². The Morgan fingerprint density at radius 1 is 1.04 bits per heavy atom. The van der Waals surface area contributed by atoms with Gasteiger partial charge in [0, 0.05) is 18.3 Å². The number of methoxy groups -OCH3 is 1. The lowest BCUT2D eigenvalue weighted by Crippen LogP contribution is -2.16. The van der Waals surface area contributed by atoms with Gasteiger partial charge in [0.15, 0.2) is 0 Å². The minimum atomic E-state index is -0.255. The zero-order chi connectivity index (χ0) is 19.9. The summed E-state index contributed by atoms with van der Waals surface area (Å²) >= 11 is 0. The van der Waals surface area contributed by atoms with Gasteiger partial charge in [-0.2, -0.15) is 0 Å². The fourth-order valence-electron chi connectivity index (χ4n) is 2.82. The summed E-state index contributed by atoms with van der Waals surface area (Å²) in [5.41, 5.74) is 3.35. The molecule has 0 saturated heterocycles. The normalized spacial score (nSPS) is 10.4. The number of amides is 1. The average molecular weight is 376 g/mol. The second-order valence-corrected chi connectivity index (χ2v) is 6.53. The van der Waals surface area contributed by atoms with Crippen LogP contribution in [0.1, 0.15) is 27.4 Å². The number of carbonyl (C=O) groups excluding carboxylic acids is 1. The second kappa shape index (κ2) is 8.99. The van der Waals surface area contributed by atoms with E-state index < -0.39 is 0 Å². The standard InChI is InChI=1S/C22H24N4O2/c1-15-5-4-6-18(13-15)26-22(27)20-14-21(25-16(2)24-20)23-12-11-17-7-9-19(28-3)10-8-17/h4-10,13-14H,11-12H2,1-3H3,(H,26,27)(H,23,24,25). The molecule has 6 heteroatoms. The summed E-state index contributed by atoms with van der Waals surface area (Å²) in [4.78, 5) is 21.2. The highest BCUT2D eigenvalue weighted by molar-refractivity contribution is 6.03. The van der Waals surface area contributed by atoms with Crippen molar-refractivity contribution >= 4 is 17.4 Å². The summed E-state index contributed by atoms with van der Waals surface area (Å²) in [5.74, 6) is 1.76. The molecule has 0 aliphatic heterocycles. The zero-order valence-corrected chi connectivity index (χ0v) is 16.3. The molecule has 2 aromatic carbocycles. The molecule has 0 radical (unpaired) electrons. The molecule has 0 bridgehead atoms. The molecule has 0 aliphatic carbocycles. The molecule has 1 amide bonds. The summed E-state index contributed by atoms with van der Waals surface area (Å²) in [6.45, 7) is 4.45. The highest BCUT2D eigenvalue weighted by Crippen LogP contribution is 2.14. The van der Waals surface area contributed by atoms with E-state index in [2.05, 4.69) is 20.6 Å². The van der Waals surface area contributed by atoms with Gasteiger partial charge in [0.25, 0.3) is 5.91 Å². The van der Waals surface area contributed by atoms with Crippen molar-refractivity contribution in [2.45, 2.75) is 20.3 Å². The quantitative estimate of drug-likeness (QED) is 0.652. The SMILES string of the molecule is COc1ccc(CCNc2cc(C(=O)Nc3cccc(C)c3)nc(C)n2)cc1. The van der Waals surface area contributed by atoms with Gasteiger partial charge in [-0.1, -0.05) is 24.3 Å². The Balaban J connectivity index is 1.62. The monoisotopic (exact) mass is 376 g/mol. The number of rotatable bonds is 7. The number of hydrogen-bond donors (Lipinski definition) is 2. The van der Waals surface area contributed by atoms with E-state index in [1.54, 1.807) is 20.1 Å². The molecule has 6 nitrogen and oxygen atoms in total. The van der Waals surface area contributed by atoms with Crippen LogP contribution in [0.4, 0.5) is 11.5 Å². The van der Waals surface area contributed by atoms with Crippen molar-refractivity contribution in [3.63, 3.8) is 0 Å². The molecule has 0 fully saturated rings. The Morgan fingerprint density at radius 3 is 2.54 bits per heavy atom. The maximum atomic E-state index is 12.5. The minimum absolute atomic E-state index is 0.255. The van der Waals surface area contributed by atoms with Gasteiger partial charge in [-0.25, -0.2) is 9.97 Å². The van der Waals surface area contributed by atoms with Crippen LogP contribution in [-0.4, -0.2) is 29.5 Å². The van der Waals surface area contributed by atoms with Crippen LogP contribution < -0.4 is 15.4 Å². The Morgan fingerprint density at radius 2 is 1.82 bits per heavy atom. The predicted octanol–water partition coefficient (Wildman–Crippen LogP) is 4.01. The smallest absolute Gasteiger partial charge is 0.274 e. The molecule has 28 heavy (non-hydrogen) atoms. The average Bonchev–Trinajstić information content (AvgIpc) is 2.68. The van der Waals surface area contributed by atoms with Crippen molar-refractivity contribution in [3.05, 3.63) is 77.2 Å². The number of aryl methyl sites for hydroxylation is 2. The number of nitrogens with zero attached hydrogens (tertiary/aromatic N) is 2. The van der Waals surface area contributed by atoms with Gasteiger partial charge in [-0.15, -0.1) is 0 Å². The molecule has 0 saturated carbocycles. The van der Waals surface area contributed by atoms with Gasteiger partial charge in [-0.05, 0) is 55.7 Å². The lowest BCUT2D eigenvalue weighted by Gasteiger charge is -2.10. The largest absolute Gasteiger partial charge is 0.497 e. The Bertz CT molecular complexity index is 955. The lowest BCUT2D eigenvalue weighted by atomic mass is 10.1. The molecule has 2 N–H and O–H groups in total. The van der Waals surface area contributed by atoms with Crippen LogP contribution in [0.2, 0.25) is 0 Å². The van der Waals surface area contributed by atoms with E-state index in [0.717, 1.165) is 23.4 Å². The number of aromatic nitrogens is 2. The Labute approximate surface area is 165 Å². The van der Waals surface area contributed by atoms with E-state index in [1.807, 2.05) is 55.5 Å². The summed E-state index contributed by atoms with van der Waals surface area (Å²) in [6.07, 6.45) is 0.831. The Hall–Kier alpha value is -3.41. The van der Waals surface area contributed by atoms with Crippen LogP contribution in [0.5, 0.6) is 5.75 Å². The van der Waals surface area contributed by atoms with E-state index in [0.29, 0.717) is 23.9 Å². The lowest BCUT2D eigenvalue weighted by molar-refractivity contribution is 0.102. The number of carbonyl (C=O) groups is 1. The topological polar surface area (TPSA) is 76.1 Å². The van der Waals surface area contributed by atoms with Crippen molar-refractivity contribution in [1.82, 2.24) is 9.97 Å². The molecular formula is C22H24N4O2. The van der Waals surface area contributed by atoms with E-state index in [4.69, 9.17) is 4.74 Å². The molecule has 144 valence electrons.